The minimum Gasteiger partial charge on any atom is -0.465 e. The molecule has 5 unspecified atom stereocenters. The molecule has 1 amide bonds. The van der Waals surface area contributed by atoms with Crippen molar-refractivity contribution in [1.29, 1.82) is 0 Å². The van der Waals surface area contributed by atoms with Crippen LogP contribution in [0.3, 0.4) is 0 Å². The van der Waals surface area contributed by atoms with Crippen LogP contribution in [0.5, 0.6) is 0 Å². The summed E-state index contributed by atoms with van der Waals surface area (Å²) in [4.78, 5) is 57.8. The van der Waals surface area contributed by atoms with Gasteiger partial charge in [-0.1, -0.05) is 0 Å². The summed E-state index contributed by atoms with van der Waals surface area (Å²) in [5.74, 6) is -3.21. The summed E-state index contributed by atoms with van der Waals surface area (Å²) < 4.78 is 20.8. The van der Waals surface area contributed by atoms with E-state index in [9.17, 15) is 24.0 Å². The molecule has 1 aliphatic rings. The lowest BCUT2D eigenvalue weighted by atomic mass is 10.0. The molecule has 0 bridgehead atoms. The van der Waals surface area contributed by atoms with Crippen molar-refractivity contribution < 1.29 is 42.9 Å². The number of nitrogens with two attached hydrogens (primary N) is 1. The Bertz CT molecular complexity index is 627. The van der Waals surface area contributed by atoms with Gasteiger partial charge in [-0.05, 0) is 0 Å². The molecule has 0 radical (unpaired) electrons. The van der Waals surface area contributed by atoms with Crippen LogP contribution < -0.4 is 11.1 Å². The summed E-state index contributed by atoms with van der Waals surface area (Å²) in [5, 5.41) is 1.80. The van der Waals surface area contributed by atoms with Crippen LogP contribution >= 0.6 is 11.8 Å². The smallest absolute Gasteiger partial charge is 0.303 e. The quantitative estimate of drug-likeness (QED) is 0.378. The summed E-state index contributed by atoms with van der Waals surface area (Å²) in [7, 11) is 0. The van der Waals surface area contributed by atoms with Crippen LogP contribution in [0.2, 0.25) is 0 Å². The normalized spacial score (nSPS) is 26.5. The fourth-order valence-electron chi connectivity index (χ4n) is 2.56. The zero-order valence-electron chi connectivity index (χ0n) is 16.0. The Kier molecular flexibility index (Phi) is 9.19. The molecule has 1 heterocycles. The molecule has 0 aliphatic carbocycles. The lowest BCUT2D eigenvalue weighted by Gasteiger charge is -2.44. The molecule has 0 saturated carbocycles. The lowest BCUT2D eigenvalue weighted by molar-refractivity contribution is -0.175. The number of hydrogen-bond donors (Lipinski definition) is 2. The summed E-state index contributed by atoms with van der Waals surface area (Å²) in [6.07, 6.45) is -2.29. The maximum absolute atomic E-state index is 11.9. The maximum atomic E-state index is 11.9. The van der Waals surface area contributed by atoms with Crippen LogP contribution in [0.1, 0.15) is 27.7 Å². The molecule has 11 nitrogen and oxygen atoms in total. The van der Waals surface area contributed by atoms with Crippen molar-refractivity contribution in [2.24, 2.45) is 5.73 Å². The maximum Gasteiger partial charge on any atom is 0.303 e. The lowest BCUT2D eigenvalue weighted by Crippen LogP contribution is -2.64. The van der Waals surface area contributed by atoms with Crippen molar-refractivity contribution >= 4 is 41.5 Å². The Morgan fingerprint density at radius 2 is 1.39 bits per heavy atom. The molecule has 12 heteroatoms. The van der Waals surface area contributed by atoms with Gasteiger partial charge in [-0.3, -0.25) is 24.0 Å². The van der Waals surface area contributed by atoms with Crippen LogP contribution in [0.4, 0.5) is 0 Å². The van der Waals surface area contributed by atoms with Crippen molar-refractivity contribution in [2.75, 3.05) is 13.2 Å². The van der Waals surface area contributed by atoms with Crippen LogP contribution in [-0.4, -0.2) is 71.9 Å². The zero-order chi connectivity index (χ0) is 21.4. The highest BCUT2D eigenvalue weighted by Crippen LogP contribution is 2.37. The number of thioether (sulfide) groups is 1. The highest BCUT2D eigenvalue weighted by atomic mass is 32.2. The standard InChI is InChI=1S/C16H24N2O9S/c1-7(19)24-6-11-14(25-8(2)20)15(26-9(3)21)13(18-12(23)5-17)16(28-11)27-10(4)22/h11,13-16H,5-6,17H2,1-4H3,(H,18,23). The molecule has 5 atom stereocenters. The van der Waals surface area contributed by atoms with Gasteiger partial charge in [0.05, 0.1) is 11.8 Å². The van der Waals surface area contributed by atoms with Gasteiger partial charge in [-0.2, -0.15) is 0 Å². The largest absolute Gasteiger partial charge is 0.465 e. The molecule has 28 heavy (non-hydrogen) atoms. The van der Waals surface area contributed by atoms with E-state index in [1.165, 1.54) is 13.8 Å². The Labute approximate surface area is 165 Å². The first kappa shape index (κ1) is 23.7. The number of hydrogen-bond acceptors (Lipinski definition) is 11. The molecule has 1 aliphatic heterocycles. The number of carbonyl (C=O) groups excluding carboxylic acids is 5. The molecule has 0 aromatic carbocycles. The molecule has 0 aromatic rings. The monoisotopic (exact) mass is 420 g/mol. The molecule has 1 saturated heterocycles. The van der Waals surface area contributed by atoms with Crippen molar-refractivity contribution in [2.45, 2.75) is 56.6 Å². The number of nitrogens with one attached hydrogen (secondary N) is 1. The second-order valence-electron chi connectivity index (χ2n) is 5.90. The summed E-state index contributed by atoms with van der Waals surface area (Å²) in [6.45, 7) is 4.09. The van der Waals surface area contributed by atoms with Gasteiger partial charge >= 0.3 is 23.9 Å². The number of carbonyl (C=O) groups is 5. The Hall–Kier alpha value is -2.34. The molecular weight excluding hydrogens is 396 g/mol. The van der Waals surface area contributed by atoms with E-state index in [-0.39, 0.29) is 13.2 Å². The van der Waals surface area contributed by atoms with E-state index in [1.807, 2.05) is 0 Å². The van der Waals surface area contributed by atoms with Gasteiger partial charge in [0, 0.05) is 27.7 Å². The third-order valence-electron chi connectivity index (χ3n) is 3.50. The molecule has 3 N–H and O–H groups in total. The average Bonchev–Trinajstić information content (AvgIpc) is 2.56. The van der Waals surface area contributed by atoms with Gasteiger partial charge in [0.2, 0.25) is 5.91 Å². The minimum absolute atomic E-state index is 0.203. The Balaban J connectivity index is 3.31. The first-order valence-corrected chi connectivity index (χ1v) is 9.29. The minimum atomic E-state index is -1.21. The van der Waals surface area contributed by atoms with Crippen molar-refractivity contribution in [3.63, 3.8) is 0 Å². The SMILES string of the molecule is CC(=O)OCC1SC(OC(C)=O)C(NC(=O)CN)C(OC(C)=O)C1OC(C)=O. The van der Waals surface area contributed by atoms with Gasteiger partial charge in [0.25, 0.3) is 0 Å². The third-order valence-corrected chi connectivity index (χ3v) is 4.91. The second-order valence-corrected chi connectivity index (χ2v) is 7.24. The first-order chi connectivity index (χ1) is 13.0. The molecule has 158 valence electrons. The van der Waals surface area contributed by atoms with Crippen LogP contribution in [0.25, 0.3) is 0 Å². The van der Waals surface area contributed by atoms with Gasteiger partial charge in [-0.25, -0.2) is 0 Å². The highest BCUT2D eigenvalue weighted by Gasteiger charge is 2.51. The highest BCUT2D eigenvalue weighted by molar-refractivity contribution is 8.00. The average molecular weight is 420 g/mol. The molecule has 0 aromatic heterocycles. The summed E-state index contributed by atoms with van der Waals surface area (Å²) in [5.41, 5.74) is 4.32. The summed E-state index contributed by atoms with van der Waals surface area (Å²) in [6, 6.07) is -1.05. The van der Waals surface area contributed by atoms with Crippen LogP contribution in [-0.2, 0) is 42.9 Å². The van der Waals surface area contributed by atoms with E-state index in [2.05, 4.69) is 5.32 Å². The Morgan fingerprint density at radius 3 is 1.86 bits per heavy atom. The van der Waals surface area contributed by atoms with E-state index in [0.29, 0.717) is 0 Å². The topological polar surface area (TPSA) is 160 Å². The van der Waals surface area contributed by atoms with Gasteiger partial charge in [0.15, 0.2) is 17.6 Å². The van der Waals surface area contributed by atoms with E-state index in [4.69, 9.17) is 24.7 Å². The fraction of sp³-hybridized carbons (Fsp3) is 0.688. The number of esters is 4. The van der Waals surface area contributed by atoms with Gasteiger partial charge in [-0.15, -0.1) is 11.8 Å². The first-order valence-electron chi connectivity index (χ1n) is 8.35. The predicted molar refractivity (Wildman–Crippen MR) is 95.7 cm³/mol. The second kappa shape index (κ2) is 10.9. The predicted octanol–water partition coefficient (Wildman–Crippen LogP) is -1.14. The van der Waals surface area contributed by atoms with E-state index in [1.54, 1.807) is 0 Å². The summed E-state index contributed by atoms with van der Waals surface area (Å²) >= 11 is 0.999. The van der Waals surface area contributed by atoms with Crippen molar-refractivity contribution in [3.05, 3.63) is 0 Å². The number of amides is 1. The van der Waals surface area contributed by atoms with Crippen molar-refractivity contribution in [1.82, 2.24) is 5.32 Å². The zero-order valence-corrected chi connectivity index (χ0v) is 16.8. The van der Waals surface area contributed by atoms with Crippen molar-refractivity contribution in [3.8, 4) is 0 Å². The Morgan fingerprint density at radius 1 is 0.857 bits per heavy atom. The number of rotatable bonds is 7. The molecular formula is C16H24N2O9S. The molecule has 1 rings (SSSR count). The number of ether oxygens (including phenoxy) is 4. The van der Waals surface area contributed by atoms with E-state index < -0.39 is 58.7 Å². The van der Waals surface area contributed by atoms with Crippen LogP contribution in [0.15, 0.2) is 0 Å². The van der Waals surface area contributed by atoms with E-state index in [0.717, 1.165) is 25.6 Å². The van der Waals surface area contributed by atoms with Gasteiger partial charge < -0.3 is 30.0 Å². The third kappa shape index (κ3) is 7.35. The van der Waals surface area contributed by atoms with Gasteiger partial charge in [0.1, 0.15) is 12.6 Å². The van der Waals surface area contributed by atoms with E-state index >= 15 is 0 Å². The fourth-order valence-corrected chi connectivity index (χ4v) is 4.00. The molecule has 0 spiro atoms. The molecule has 1 fully saturated rings. The van der Waals surface area contributed by atoms with Crippen LogP contribution in [0, 0.1) is 0 Å².